The van der Waals surface area contributed by atoms with Gasteiger partial charge in [0, 0.05) is 6.04 Å². The third-order valence-corrected chi connectivity index (χ3v) is 2.95. The lowest BCUT2D eigenvalue weighted by atomic mass is 9.93. The molecule has 1 aromatic carbocycles. The van der Waals surface area contributed by atoms with Gasteiger partial charge in [-0.05, 0) is 50.3 Å². The number of hydrazine groups is 1. The molecule has 0 fully saturated rings. The lowest BCUT2D eigenvalue weighted by molar-refractivity contribution is 0.511. The van der Waals surface area contributed by atoms with E-state index in [1.165, 1.54) is 22.3 Å². The molecule has 0 aliphatic rings. The highest BCUT2D eigenvalue weighted by Gasteiger charge is 2.13. The van der Waals surface area contributed by atoms with Gasteiger partial charge in [-0.3, -0.25) is 11.3 Å². The molecule has 0 radical (unpaired) electrons. The number of benzene rings is 1. The maximum atomic E-state index is 5.65. The van der Waals surface area contributed by atoms with Gasteiger partial charge in [0.25, 0.3) is 0 Å². The van der Waals surface area contributed by atoms with Crippen LogP contribution in [0.15, 0.2) is 30.4 Å². The normalized spacial score (nSPS) is 12.5. The van der Waals surface area contributed by atoms with Gasteiger partial charge in [-0.2, -0.15) is 0 Å². The van der Waals surface area contributed by atoms with Crippen molar-refractivity contribution in [2.24, 2.45) is 5.84 Å². The molecule has 0 aliphatic heterocycles. The van der Waals surface area contributed by atoms with Crippen LogP contribution in [0.2, 0.25) is 0 Å². The molecule has 88 valence electrons. The Morgan fingerprint density at radius 3 is 2.38 bits per heavy atom. The zero-order valence-electron chi connectivity index (χ0n) is 10.5. The Labute approximate surface area is 98.5 Å². The fourth-order valence-electron chi connectivity index (χ4n) is 2.08. The van der Waals surface area contributed by atoms with Crippen molar-refractivity contribution in [2.75, 3.05) is 0 Å². The Morgan fingerprint density at radius 2 is 1.94 bits per heavy atom. The first kappa shape index (κ1) is 12.9. The standard InChI is InChI=1S/C14H22N2/c1-10(2)8-9-13(16-15)14-11(3)6-5-7-12(14)4/h5-7,13,16H,1,8-9,15H2,2-4H3. The van der Waals surface area contributed by atoms with E-state index in [1.807, 2.05) is 0 Å². The van der Waals surface area contributed by atoms with Crippen molar-refractivity contribution in [1.29, 1.82) is 0 Å². The molecule has 2 nitrogen and oxygen atoms in total. The molecule has 0 aliphatic carbocycles. The van der Waals surface area contributed by atoms with E-state index in [0.717, 1.165) is 12.8 Å². The number of hydrogen-bond donors (Lipinski definition) is 2. The van der Waals surface area contributed by atoms with Crippen molar-refractivity contribution in [1.82, 2.24) is 5.43 Å². The molecule has 1 rings (SSSR count). The SMILES string of the molecule is C=C(C)CCC(NN)c1c(C)cccc1C. The smallest absolute Gasteiger partial charge is 0.0468 e. The van der Waals surface area contributed by atoms with Gasteiger partial charge in [0.15, 0.2) is 0 Å². The summed E-state index contributed by atoms with van der Waals surface area (Å²) < 4.78 is 0. The van der Waals surface area contributed by atoms with Gasteiger partial charge in [0.1, 0.15) is 0 Å². The highest BCUT2D eigenvalue weighted by Crippen LogP contribution is 2.25. The van der Waals surface area contributed by atoms with E-state index >= 15 is 0 Å². The largest absolute Gasteiger partial charge is 0.271 e. The van der Waals surface area contributed by atoms with Gasteiger partial charge in [-0.1, -0.05) is 23.8 Å². The summed E-state index contributed by atoms with van der Waals surface area (Å²) in [4.78, 5) is 0. The summed E-state index contributed by atoms with van der Waals surface area (Å²) in [5.74, 6) is 5.65. The Bertz CT molecular complexity index is 349. The van der Waals surface area contributed by atoms with E-state index in [2.05, 4.69) is 51.0 Å². The Hall–Kier alpha value is -1.12. The van der Waals surface area contributed by atoms with Crippen LogP contribution in [0, 0.1) is 13.8 Å². The van der Waals surface area contributed by atoms with Crippen LogP contribution in [0.4, 0.5) is 0 Å². The summed E-state index contributed by atoms with van der Waals surface area (Å²) in [7, 11) is 0. The van der Waals surface area contributed by atoms with Crippen LogP contribution in [0.25, 0.3) is 0 Å². The van der Waals surface area contributed by atoms with Gasteiger partial charge >= 0.3 is 0 Å². The summed E-state index contributed by atoms with van der Waals surface area (Å²) >= 11 is 0. The third-order valence-electron chi connectivity index (χ3n) is 2.95. The molecule has 1 atom stereocenters. The van der Waals surface area contributed by atoms with E-state index in [-0.39, 0.29) is 6.04 Å². The maximum absolute atomic E-state index is 5.65. The monoisotopic (exact) mass is 218 g/mol. The predicted octanol–water partition coefficient (Wildman–Crippen LogP) is 3.16. The zero-order chi connectivity index (χ0) is 12.1. The first-order valence-electron chi connectivity index (χ1n) is 5.73. The molecule has 0 saturated carbocycles. The highest BCUT2D eigenvalue weighted by molar-refractivity contribution is 5.36. The van der Waals surface area contributed by atoms with Crippen LogP contribution in [-0.4, -0.2) is 0 Å². The Balaban J connectivity index is 2.90. The molecule has 0 saturated heterocycles. The average molecular weight is 218 g/mol. The van der Waals surface area contributed by atoms with E-state index in [0.29, 0.717) is 0 Å². The summed E-state index contributed by atoms with van der Waals surface area (Å²) in [6.45, 7) is 10.2. The molecule has 0 spiro atoms. The lowest BCUT2D eigenvalue weighted by Gasteiger charge is -2.20. The lowest BCUT2D eigenvalue weighted by Crippen LogP contribution is -2.29. The number of rotatable bonds is 5. The van der Waals surface area contributed by atoms with E-state index in [4.69, 9.17) is 5.84 Å². The van der Waals surface area contributed by atoms with Gasteiger partial charge in [0.2, 0.25) is 0 Å². The predicted molar refractivity (Wildman–Crippen MR) is 70.0 cm³/mol. The Kier molecular flexibility index (Phi) is 4.71. The van der Waals surface area contributed by atoms with Crippen LogP contribution in [-0.2, 0) is 0 Å². The van der Waals surface area contributed by atoms with Crippen molar-refractivity contribution in [3.05, 3.63) is 47.0 Å². The van der Waals surface area contributed by atoms with Crippen molar-refractivity contribution < 1.29 is 0 Å². The third kappa shape index (κ3) is 3.19. The molecular weight excluding hydrogens is 196 g/mol. The van der Waals surface area contributed by atoms with Crippen molar-refractivity contribution in [3.8, 4) is 0 Å². The summed E-state index contributed by atoms with van der Waals surface area (Å²) in [6.07, 6.45) is 2.00. The van der Waals surface area contributed by atoms with Crippen LogP contribution in [0.1, 0.15) is 42.5 Å². The second-order valence-corrected chi connectivity index (χ2v) is 4.52. The minimum atomic E-state index is 0.220. The van der Waals surface area contributed by atoms with Crippen LogP contribution >= 0.6 is 0 Å². The van der Waals surface area contributed by atoms with Crippen LogP contribution in [0.5, 0.6) is 0 Å². The molecule has 0 aromatic heterocycles. The summed E-state index contributed by atoms with van der Waals surface area (Å²) in [5, 5.41) is 0. The average Bonchev–Trinajstić information content (AvgIpc) is 2.22. The molecule has 0 heterocycles. The molecule has 0 amide bonds. The molecular formula is C14H22N2. The van der Waals surface area contributed by atoms with Crippen molar-refractivity contribution >= 4 is 0 Å². The fraction of sp³-hybridized carbons (Fsp3) is 0.429. The molecule has 1 unspecified atom stereocenters. The first-order chi connectivity index (χ1) is 7.56. The highest BCUT2D eigenvalue weighted by atomic mass is 15.2. The Morgan fingerprint density at radius 1 is 1.38 bits per heavy atom. The molecule has 3 N–H and O–H groups in total. The van der Waals surface area contributed by atoms with E-state index in [1.54, 1.807) is 0 Å². The van der Waals surface area contributed by atoms with E-state index < -0.39 is 0 Å². The summed E-state index contributed by atoms with van der Waals surface area (Å²) in [5.41, 5.74) is 8.03. The van der Waals surface area contributed by atoms with Gasteiger partial charge in [-0.25, -0.2) is 0 Å². The van der Waals surface area contributed by atoms with Gasteiger partial charge in [-0.15, -0.1) is 6.58 Å². The second kappa shape index (κ2) is 5.83. The van der Waals surface area contributed by atoms with Crippen LogP contribution in [0.3, 0.4) is 0 Å². The fourth-order valence-corrected chi connectivity index (χ4v) is 2.08. The van der Waals surface area contributed by atoms with Crippen molar-refractivity contribution in [2.45, 2.75) is 39.7 Å². The quantitative estimate of drug-likeness (QED) is 0.452. The number of hydrogen-bond acceptors (Lipinski definition) is 2. The zero-order valence-corrected chi connectivity index (χ0v) is 10.5. The number of nitrogens with two attached hydrogens (primary N) is 1. The second-order valence-electron chi connectivity index (χ2n) is 4.52. The molecule has 0 bridgehead atoms. The minimum Gasteiger partial charge on any atom is -0.271 e. The maximum Gasteiger partial charge on any atom is 0.0468 e. The number of aryl methyl sites for hydroxylation is 2. The summed E-state index contributed by atoms with van der Waals surface area (Å²) in [6, 6.07) is 6.57. The molecule has 16 heavy (non-hydrogen) atoms. The van der Waals surface area contributed by atoms with Crippen LogP contribution < -0.4 is 11.3 Å². The number of allylic oxidation sites excluding steroid dienone is 1. The van der Waals surface area contributed by atoms with Gasteiger partial charge < -0.3 is 0 Å². The van der Waals surface area contributed by atoms with E-state index in [9.17, 15) is 0 Å². The topological polar surface area (TPSA) is 38.0 Å². The minimum absolute atomic E-state index is 0.220. The molecule has 2 heteroatoms. The molecule has 1 aromatic rings. The number of nitrogens with one attached hydrogen (secondary N) is 1. The first-order valence-corrected chi connectivity index (χ1v) is 5.73. The van der Waals surface area contributed by atoms with Gasteiger partial charge in [0.05, 0.1) is 0 Å². The van der Waals surface area contributed by atoms with Crippen molar-refractivity contribution in [3.63, 3.8) is 0 Å².